The van der Waals surface area contributed by atoms with Crippen molar-refractivity contribution >= 4 is 28.9 Å². The second-order valence-corrected chi connectivity index (χ2v) is 31.5. The molecule has 8 fully saturated rings. The lowest BCUT2D eigenvalue weighted by atomic mass is 9.27. The summed E-state index contributed by atoms with van der Waals surface area (Å²) in [7, 11) is 2.08. The fourth-order valence-corrected chi connectivity index (χ4v) is 23.6. The summed E-state index contributed by atoms with van der Waals surface area (Å²) in [5, 5.41) is 30.9. The maximum Gasteiger partial charge on any atom is 0.160 e. The van der Waals surface area contributed by atoms with E-state index < -0.39 is 62.1 Å². The molecular weight excluding hydrogens is 1030 g/mol. The summed E-state index contributed by atoms with van der Waals surface area (Å²) >= 11 is 0. The second kappa shape index (κ2) is 19.2. The molecule has 1 aromatic carbocycles. The van der Waals surface area contributed by atoms with Gasteiger partial charge >= 0.3 is 0 Å². The van der Waals surface area contributed by atoms with Crippen LogP contribution < -0.4 is 5.32 Å². The van der Waals surface area contributed by atoms with Crippen molar-refractivity contribution in [3.05, 3.63) is 93.1 Å². The molecule has 11 nitrogen and oxygen atoms in total. The van der Waals surface area contributed by atoms with Crippen molar-refractivity contribution in [2.45, 2.75) is 231 Å². The molecule has 83 heavy (non-hydrogen) atoms. The molecule has 6 saturated carbocycles. The van der Waals surface area contributed by atoms with Gasteiger partial charge in [0.1, 0.15) is 18.2 Å². The van der Waals surface area contributed by atoms with Gasteiger partial charge in [-0.1, -0.05) is 84.9 Å². The number of rotatable bonds is 11. The Kier molecular flexibility index (Phi) is 12.8. The second-order valence-electron chi connectivity index (χ2n) is 31.5. The first-order chi connectivity index (χ1) is 39.8. The number of ether oxygens (including phenoxy) is 2. The lowest BCUT2D eigenvalue weighted by Crippen LogP contribution is -2.74. The Labute approximate surface area is 493 Å². The van der Waals surface area contributed by atoms with Crippen LogP contribution in [0.3, 0.4) is 0 Å². The van der Waals surface area contributed by atoms with Gasteiger partial charge in [0.25, 0.3) is 0 Å². The number of hydrogen-bond acceptors (Lipinski definition) is 8. The molecule has 5 N–H and O–H groups in total. The average Bonchev–Trinajstić information content (AvgIpc) is 2.28. The Morgan fingerprint density at radius 2 is 1.58 bits per heavy atom. The minimum Gasteiger partial charge on any atom is -0.392 e. The minimum absolute atomic E-state index is 0.0570. The fraction of sp³-hybridized carbons (Fsp3) is 0.708. The Hall–Kier alpha value is -4.13. The number of Topliss-reactive ketones (excluding diaryl/α,β-unsaturated/α-hetero) is 2. The van der Waals surface area contributed by atoms with Crippen LogP contribution in [0, 0.1) is 62.1 Å². The number of aryl methyl sites for hydroxylation is 1. The molecule has 0 amide bonds. The highest BCUT2D eigenvalue weighted by Crippen LogP contribution is 2.85. The Morgan fingerprint density at radius 3 is 2.28 bits per heavy atom. The van der Waals surface area contributed by atoms with E-state index in [1.807, 2.05) is 13.8 Å². The number of nitrogens with one attached hydrogen (secondary N) is 3. The third kappa shape index (κ3) is 7.54. The van der Waals surface area contributed by atoms with E-state index in [4.69, 9.17) is 9.47 Å². The van der Waals surface area contributed by atoms with Crippen molar-refractivity contribution in [2.24, 2.45) is 62.1 Å². The largest absolute Gasteiger partial charge is 0.392 e. The summed E-state index contributed by atoms with van der Waals surface area (Å²) in [6, 6.07) is 9.46. The smallest absolute Gasteiger partial charge is 0.160 e. The number of aldehydes is 1. The molecular formula is C72H96N4O7. The van der Waals surface area contributed by atoms with Crippen LogP contribution in [0.2, 0.25) is 0 Å². The lowest BCUT2D eigenvalue weighted by molar-refractivity contribution is -0.271. The van der Waals surface area contributed by atoms with Gasteiger partial charge in [-0.25, -0.2) is 0 Å². The summed E-state index contributed by atoms with van der Waals surface area (Å²) in [6.45, 7) is 19.1. The monoisotopic (exact) mass is 1130 g/mol. The zero-order chi connectivity index (χ0) is 57.5. The number of ketones is 2. The third-order valence-electron chi connectivity index (χ3n) is 27.5. The van der Waals surface area contributed by atoms with E-state index in [1.165, 1.54) is 60.8 Å². The number of benzene rings is 1. The molecule has 6 heterocycles. The van der Waals surface area contributed by atoms with E-state index in [-0.39, 0.29) is 41.5 Å². The highest BCUT2D eigenvalue weighted by atomic mass is 16.6. The van der Waals surface area contributed by atoms with Crippen molar-refractivity contribution in [3.8, 4) is 0 Å². The first kappa shape index (κ1) is 55.4. The molecule has 15 rings (SSSR count). The molecule has 4 aromatic rings. The highest BCUT2D eigenvalue weighted by Gasteiger charge is 2.82. The molecule has 2 saturated heterocycles. The minimum atomic E-state index is -0.860. The van der Waals surface area contributed by atoms with Gasteiger partial charge in [-0.3, -0.25) is 9.59 Å². The molecule has 3 aliphatic heterocycles. The molecule has 11 aliphatic rings. The van der Waals surface area contributed by atoms with Crippen LogP contribution >= 0.6 is 0 Å². The summed E-state index contributed by atoms with van der Waals surface area (Å²) in [6.07, 6.45) is 23.8. The number of epoxide rings is 1. The van der Waals surface area contributed by atoms with Crippen molar-refractivity contribution < 1.29 is 34.1 Å². The van der Waals surface area contributed by atoms with Crippen molar-refractivity contribution in [1.29, 1.82) is 0 Å². The van der Waals surface area contributed by atoms with E-state index >= 15 is 9.59 Å². The molecule has 3 aromatic heterocycles. The molecule has 2 bridgehead atoms. The van der Waals surface area contributed by atoms with Crippen LogP contribution in [0.25, 0.3) is 11.0 Å². The summed E-state index contributed by atoms with van der Waals surface area (Å²) in [4.78, 5) is 54.5. The van der Waals surface area contributed by atoms with Gasteiger partial charge < -0.3 is 44.3 Å². The number of aromatic amines is 2. The maximum absolute atomic E-state index is 16.5. The Bertz CT molecular complexity index is 3270. The SMILES string of the molecule is CNCC1CC23CC1c1[nH]ccc1C2C(=O)C(C)(C1CCCC1)C1CCC2(C)C(C(O)C4Cn5cc(C(C=O)c6cc(C7CCCCC7)cc(C7CCOCC7)c6)c6[nH]cc(c65)CCC(C)(CC(O)C5OC5(C)C)C5=C4C2(C)CC5=O)C13C. The maximum atomic E-state index is 16.5. The Balaban J connectivity index is 0.932. The Morgan fingerprint density at radius 1 is 0.867 bits per heavy atom. The first-order valence-corrected chi connectivity index (χ1v) is 33.3. The highest BCUT2D eigenvalue weighted by molar-refractivity contribution is 6.02. The molecule has 446 valence electrons. The molecule has 16 atom stereocenters. The van der Waals surface area contributed by atoms with E-state index in [0.717, 1.165) is 123 Å². The van der Waals surface area contributed by atoms with E-state index in [2.05, 4.69) is 104 Å². The van der Waals surface area contributed by atoms with E-state index in [0.29, 0.717) is 55.8 Å². The van der Waals surface area contributed by atoms with Gasteiger partial charge in [0, 0.05) is 84.3 Å². The molecule has 1 spiro atoms. The van der Waals surface area contributed by atoms with Crippen molar-refractivity contribution in [3.63, 3.8) is 0 Å². The number of carbonyl (C=O) groups is 3. The topological polar surface area (TPSA) is 162 Å². The van der Waals surface area contributed by atoms with Gasteiger partial charge in [0.15, 0.2) is 5.78 Å². The van der Waals surface area contributed by atoms with Crippen LogP contribution in [0.4, 0.5) is 0 Å². The van der Waals surface area contributed by atoms with Gasteiger partial charge in [-0.05, 0) is 208 Å². The fourth-order valence-electron chi connectivity index (χ4n) is 23.6. The zero-order valence-electron chi connectivity index (χ0n) is 51.3. The number of fused-ring (bicyclic) bond motifs is 8. The number of allylic oxidation sites excluding steroid dienone is 1. The zero-order valence-corrected chi connectivity index (χ0v) is 51.3. The third-order valence-corrected chi connectivity index (χ3v) is 27.5. The summed E-state index contributed by atoms with van der Waals surface area (Å²) in [5.74, 6) is 0.908. The predicted octanol–water partition coefficient (Wildman–Crippen LogP) is 13.0. The first-order valence-electron chi connectivity index (χ1n) is 33.3. The van der Waals surface area contributed by atoms with Crippen LogP contribution in [0.15, 0.2) is 54.0 Å². The quantitative estimate of drug-likeness (QED) is 0.0732. The van der Waals surface area contributed by atoms with E-state index in [9.17, 15) is 15.0 Å². The van der Waals surface area contributed by atoms with Gasteiger partial charge in [-0.2, -0.15) is 0 Å². The van der Waals surface area contributed by atoms with Gasteiger partial charge in [0.05, 0.1) is 40.7 Å². The number of hydrogen-bond donors (Lipinski definition) is 5. The number of aromatic nitrogens is 3. The molecule has 16 unspecified atom stereocenters. The van der Waals surface area contributed by atoms with Crippen LogP contribution in [-0.4, -0.2) is 93.3 Å². The van der Waals surface area contributed by atoms with Crippen molar-refractivity contribution in [2.75, 3.05) is 26.8 Å². The number of aliphatic hydroxyl groups is 2. The average molecular weight is 1130 g/mol. The lowest BCUT2D eigenvalue weighted by Gasteiger charge is -2.76. The van der Waals surface area contributed by atoms with E-state index in [1.54, 1.807) is 0 Å². The summed E-state index contributed by atoms with van der Waals surface area (Å²) in [5.41, 5.74) is 8.53. The van der Waals surface area contributed by atoms with Crippen molar-refractivity contribution in [1.82, 2.24) is 19.9 Å². The van der Waals surface area contributed by atoms with Crippen LogP contribution in [0.1, 0.15) is 233 Å². The van der Waals surface area contributed by atoms with Gasteiger partial charge in [0.2, 0.25) is 0 Å². The standard InChI is InChI=1S/C72H96N4O7/c1-66(2)65(83-66)54(79)33-67(3)23-18-42-36-75-60-50(52(39-77)45-29-43(40-14-10-9-11-15-40)28-44(30-45)41-21-26-82-27-22-41)37-76(61(42)60)38-51-56-58(67)53(78)34-69(56,5)68(4)24-19-55-70(6,47-16-12-13-17-47)64(81)57-48-20-25-74-59(48)49-32-72(57,31-46(49)35-73-8)71(55,7)63(68)62(51)80/h20,25,28-30,36-37,39-41,46-47,49,51-52,54-55,57,62-63,65,73-75,79-80H,9-19,21-24,26-27,31-35,38H2,1-8H3. The summed E-state index contributed by atoms with van der Waals surface area (Å²) < 4.78 is 14.5. The van der Waals surface area contributed by atoms with Crippen LogP contribution in [-0.2, 0) is 36.8 Å². The normalized spacial score (nSPS) is 41.1. The van der Waals surface area contributed by atoms with Crippen LogP contribution in [0.5, 0.6) is 0 Å². The van der Waals surface area contributed by atoms with Gasteiger partial charge in [-0.15, -0.1) is 0 Å². The predicted molar refractivity (Wildman–Crippen MR) is 322 cm³/mol. The molecule has 11 heteroatoms. The molecule has 0 radical (unpaired) electrons. The number of aliphatic hydroxyl groups excluding tert-OH is 2. The number of H-pyrrole nitrogens is 2. The number of carbonyl (C=O) groups excluding carboxylic acids is 3. The molecule has 8 aliphatic carbocycles. The number of nitrogens with zero attached hydrogens (tertiary/aromatic N) is 1.